The Bertz CT molecular complexity index is 799. The van der Waals surface area contributed by atoms with Gasteiger partial charge in [0.2, 0.25) is 15.9 Å². The van der Waals surface area contributed by atoms with Gasteiger partial charge in [-0.3, -0.25) is 4.79 Å². The smallest absolute Gasteiger partial charge is 0.245 e. The molecule has 124 valence electrons. The number of aromatic nitrogens is 1. The van der Waals surface area contributed by atoms with Crippen molar-refractivity contribution in [3.05, 3.63) is 41.7 Å². The number of nitrogens with zero attached hydrogens (tertiary/aromatic N) is 2. The highest BCUT2D eigenvalue weighted by Gasteiger charge is 2.24. The standard InChI is InChI=1S/C15H19N3O4S/c1-4-12-7-5-6-8-13(12)16-15(19)10-18(23(3,20)21)14-9-11(2)22-17-14/h5-9H,4,10H2,1-3H3,(H,16,19). The zero-order valence-electron chi connectivity index (χ0n) is 13.2. The summed E-state index contributed by atoms with van der Waals surface area (Å²) in [6.07, 6.45) is 1.78. The van der Waals surface area contributed by atoms with E-state index >= 15 is 0 Å². The topological polar surface area (TPSA) is 92.5 Å². The minimum absolute atomic E-state index is 0.0870. The summed E-state index contributed by atoms with van der Waals surface area (Å²) < 4.78 is 29.6. The number of hydrogen-bond donors (Lipinski definition) is 1. The maximum Gasteiger partial charge on any atom is 0.245 e. The van der Waals surface area contributed by atoms with Gasteiger partial charge in [0.05, 0.1) is 6.26 Å². The molecule has 0 aliphatic carbocycles. The van der Waals surface area contributed by atoms with Gasteiger partial charge in [0.15, 0.2) is 5.82 Å². The van der Waals surface area contributed by atoms with E-state index in [9.17, 15) is 13.2 Å². The number of anilines is 2. The van der Waals surface area contributed by atoms with E-state index < -0.39 is 15.9 Å². The second-order valence-corrected chi connectivity index (χ2v) is 7.03. The Hall–Kier alpha value is -2.35. The molecule has 0 aliphatic heterocycles. The van der Waals surface area contributed by atoms with Gasteiger partial charge >= 0.3 is 0 Å². The summed E-state index contributed by atoms with van der Waals surface area (Å²) in [4.78, 5) is 12.2. The normalized spacial score (nSPS) is 11.3. The lowest BCUT2D eigenvalue weighted by molar-refractivity contribution is -0.114. The van der Waals surface area contributed by atoms with Crippen molar-refractivity contribution in [3.8, 4) is 0 Å². The molecule has 1 amide bonds. The lowest BCUT2D eigenvalue weighted by atomic mass is 10.1. The molecular formula is C15H19N3O4S. The van der Waals surface area contributed by atoms with Gasteiger partial charge in [0.1, 0.15) is 12.3 Å². The predicted molar refractivity (Wildman–Crippen MR) is 87.9 cm³/mol. The molecule has 7 nitrogen and oxygen atoms in total. The van der Waals surface area contributed by atoms with Gasteiger partial charge < -0.3 is 9.84 Å². The van der Waals surface area contributed by atoms with Crippen LogP contribution in [0.4, 0.5) is 11.5 Å². The maximum absolute atomic E-state index is 12.2. The second-order valence-electron chi connectivity index (χ2n) is 5.12. The van der Waals surface area contributed by atoms with E-state index in [1.54, 1.807) is 13.0 Å². The van der Waals surface area contributed by atoms with Crippen molar-refractivity contribution in [1.29, 1.82) is 0 Å². The van der Waals surface area contributed by atoms with Gasteiger partial charge in [0, 0.05) is 11.8 Å². The highest BCUT2D eigenvalue weighted by molar-refractivity contribution is 7.92. The molecule has 0 radical (unpaired) electrons. The second kappa shape index (κ2) is 6.82. The highest BCUT2D eigenvalue weighted by Crippen LogP contribution is 2.18. The SMILES string of the molecule is CCc1ccccc1NC(=O)CN(c1cc(C)on1)S(C)(=O)=O. The van der Waals surface area contributed by atoms with Crippen molar-refractivity contribution in [1.82, 2.24) is 5.16 Å². The number of para-hydroxylation sites is 1. The van der Waals surface area contributed by atoms with Crippen molar-refractivity contribution >= 4 is 27.4 Å². The quantitative estimate of drug-likeness (QED) is 0.870. The fourth-order valence-electron chi connectivity index (χ4n) is 2.11. The summed E-state index contributed by atoms with van der Waals surface area (Å²) in [5, 5.41) is 6.41. The number of carbonyl (C=O) groups is 1. The molecule has 0 saturated heterocycles. The third-order valence-electron chi connectivity index (χ3n) is 3.23. The summed E-state index contributed by atoms with van der Waals surface area (Å²) in [5.74, 6) is 0.103. The molecule has 0 atom stereocenters. The Kier molecular flexibility index (Phi) is 5.05. The maximum atomic E-state index is 12.2. The Morgan fingerprint density at radius 3 is 2.61 bits per heavy atom. The van der Waals surface area contributed by atoms with E-state index in [-0.39, 0.29) is 12.4 Å². The Balaban J connectivity index is 2.18. The molecule has 0 bridgehead atoms. The van der Waals surface area contributed by atoms with Crippen LogP contribution >= 0.6 is 0 Å². The minimum Gasteiger partial charge on any atom is -0.360 e. The first-order valence-corrected chi connectivity index (χ1v) is 8.95. The van der Waals surface area contributed by atoms with Crippen molar-refractivity contribution in [2.75, 3.05) is 22.4 Å². The Morgan fingerprint density at radius 2 is 2.04 bits per heavy atom. The molecular weight excluding hydrogens is 318 g/mol. The van der Waals surface area contributed by atoms with E-state index in [0.717, 1.165) is 22.5 Å². The van der Waals surface area contributed by atoms with Crippen LogP contribution in [0.1, 0.15) is 18.2 Å². The molecule has 2 aromatic rings. The van der Waals surface area contributed by atoms with Gasteiger partial charge in [-0.05, 0) is 25.0 Å². The van der Waals surface area contributed by atoms with E-state index in [2.05, 4.69) is 10.5 Å². The lowest BCUT2D eigenvalue weighted by Gasteiger charge is -2.19. The first-order valence-electron chi connectivity index (χ1n) is 7.10. The molecule has 1 N–H and O–H groups in total. The molecule has 0 aliphatic rings. The number of carbonyl (C=O) groups excluding carboxylic acids is 1. The van der Waals surface area contributed by atoms with Gasteiger partial charge in [0.25, 0.3) is 0 Å². The Morgan fingerprint density at radius 1 is 1.35 bits per heavy atom. The zero-order valence-corrected chi connectivity index (χ0v) is 14.1. The summed E-state index contributed by atoms with van der Waals surface area (Å²) in [6, 6.07) is 8.85. The van der Waals surface area contributed by atoms with Crippen molar-refractivity contribution < 1.29 is 17.7 Å². The molecule has 23 heavy (non-hydrogen) atoms. The van der Waals surface area contributed by atoms with Crippen LogP contribution in [-0.2, 0) is 21.2 Å². The van der Waals surface area contributed by atoms with Crippen LogP contribution < -0.4 is 9.62 Å². The third kappa shape index (κ3) is 4.32. The van der Waals surface area contributed by atoms with E-state index in [1.165, 1.54) is 6.07 Å². The van der Waals surface area contributed by atoms with Crippen LogP contribution in [-0.4, -0.2) is 32.3 Å². The van der Waals surface area contributed by atoms with Crippen LogP contribution in [0.2, 0.25) is 0 Å². The molecule has 2 rings (SSSR count). The number of nitrogens with one attached hydrogen (secondary N) is 1. The molecule has 0 spiro atoms. The summed E-state index contributed by atoms with van der Waals surface area (Å²) in [7, 11) is -3.66. The molecule has 1 aromatic carbocycles. The summed E-state index contributed by atoms with van der Waals surface area (Å²) in [5.41, 5.74) is 1.65. The molecule has 8 heteroatoms. The average molecular weight is 337 g/mol. The number of aryl methyl sites for hydroxylation is 2. The number of benzene rings is 1. The zero-order chi connectivity index (χ0) is 17.0. The van der Waals surface area contributed by atoms with Gasteiger partial charge in [-0.15, -0.1) is 0 Å². The van der Waals surface area contributed by atoms with Crippen molar-refractivity contribution in [2.45, 2.75) is 20.3 Å². The van der Waals surface area contributed by atoms with Crippen LogP contribution in [0.5, 0.6) is 0 Å². The summed E-state index contributed by atoms with van der Waals surface area (Å²) in [6.45, 7) is 3.25. The fourth-order valence-corrected chi connectivity index (χ4v) is 2.89. The van der Waals surface area contributed by atoms with Crippen LogP contribution in [0.3, 0.4) is 0 Å². The van der Waals surface area contributed by atoms with Crippen molar-refractivity contribution in [3.63, 3.8) is 0 Å². The largest absolute Gasteiger partial charge is 0.360 e. The molecule has 0 saturated carbocycles. The number of rotatable bonds is 6. The number of amides is 1. The molecule has 0 unspecified atom stereocenters. The fraction of sp³-hybridized carbons (Fsp3) is 0.333. The van der Waals surface area contributed by atoms with Gasteiger partial charge in [-0.1, -0.05) is 30.3 Å². The average Bonchev–Trinajstić information content (AvgIpc) is 2.90. The van der Waals surface area contributed by atoms with Crippen LogP contribution in [0.25, 0.3) is 0 Å². The number of sulfonamides is 1. The highest BCUT2D eigenvalue weighted by atomic mass is 32.2. The van der Waals surface area contributed by atoms with Gasteiger partial charge in [-0.2, -0.15) is 0 Å². The first kappa shape index (κ1) is 17.0. The summed E-state index contributed by atoms with van der Waals surface area (Å²) >= 11 is 0. The van der Waals surface area contributed by atoms with E-state index in [1.807, 2.05) is 25.1 Å². The first-order chi connectivity index (χ1) is 10.8. The van der Waals surface area contributed by atoms with Gasteiger partial charge in [-0.25, -0.2) is 12.7 Å². The van der Waals surface area contributed by atoms with E-state index in [0.29, 0.717) is 11.4 Å². The predicted octanol–water partition coefficient (Wildman–Crippen LogP) is 1.95. The molecule has 0 fully saturated rings. The number of hydrogen-bond acceptors (Lipinski definition) is 5. The molecule has 1 aromatic heterocycles. The van der Waals surface area contributed by atoms with Crippen LogP contribution in [0, 0.1) is 6.92 Å². The molecule has 1 heterocycles. The van der Waals surface area contributed by atoms with E-state index in [4.69, 9.17) is 4.52 Å². The third-order valence-corrected chi connectivity index (χ3v) is 4.35. The van der Waals surface area contributed by atoms with Crippen molar-refractivity contribution in [2.24, 2.45) is 0 Å². The van der Waals surface area contributed by atoms with Crippen LogP contribution in [0.15, 0.2) is 34.9 Å². The lowest BCUT2D eigenvalue weighted by Crippen LogP contribution is -2.37. The monoisotopic (exact) mass is 337 g/mol. The Labute approximate surface area is 135 Å². The minimum atomic E-state index is -3.66.